The SMILES string of the molecule is Cc1cc(F)ccc1OCCC(N)CO. The summed E-state index contributed by atoms with van der Waals surface area (Å²) in [6.07, 6.45) is 0.577. The first kappa shape index (κ1) is 11.9. The molecule has 3 nitrogen and oxygen atoms in total. The van der Waals surface area contributed by atoms with Gasteiger partial charge in [-0.1, -0.05) is 0 Å². The smallest absolute Gasteiger partial charge is 0.123 e. The number of halogens is 1. The van der Waals surface area contributed by atoms with Crippen LogP contribution in [0.5, 0.6) is 5.75 Å². The van der Waals surface area contributed by atoms with Gasteiger partial charge in [-0.25, -0.2) is 4.39 Å². The van der Waals surface area contributed by atoms with Crippen LogP contribution in [0.1, 0.15) is 12.0 Å². The molecule has 4 heteroatoms. The molecule has 0 heterocycles. The van der Waals surface area contributed by atoms with E-state index in [1.165, 1.54) is 12.1 Å². The van der Waals surface area contributed by atoms with E-state index in [1.54, 1.807) is 13.0 Å². The topological polar surface area (TPSA) is 55.5 Å². The Hall–Kier alpha value is -1.13. The molecule has 15 heavy (non-hydrogen) atoms. The molecule has 1 atom stereocenters. The zero-order chi connectivity index (χ0) is 11.3. The Balaban J connectivity index is 2.44. The van der Waals surface area contributed by atoms with Gasteiger partial charge in [0.1, 0.15) is 11.6 Å². The van der Waals surface area contributed by atoms with E-state index in [-0.39, 0.29) is 18.5 Å². The lowest BCUT2D eigenvalue weighted by Crippen LogP contribution is -2.26. The Kier molecular flexibility index (Phi) is 4.52. The number of ether oxygens (including phenoxy) is 1. The molecule has 3 N–H and O–H groups in total. The lowest BCUT2D eigenvalue weighted by Gasteiger charge is -2.11. The molecule has 0 amide bonds. The fraction of sp³-hybridized carbons (Fsp3) is 0.455. The number of aryl methyl sites for hydroxylation is 1. The van der Waals surface area contributed by atoms with Gasteiger partial charge in [-0.15, -0.1) is 0 Å². The molecule has 0 aliphatic heterocycles. The summed E-state index contributed by atoms with van der Waals surface area (Å²) in [6.45, 7) is 2.16. The number of rotatable bonds is 5. The van der Waals surface area contributed by atoms with Crippen LogP contribution < -0.4 is 10.5 Å². The normalized spacial score (nSPS) is 12.5. The van der Waals surface area contributed by atoms with Gasteiger partial charge in [-0.2, -0.15) is 0 Å². The summed E-state index contributed by atoms with van der Waals surface area (Å²) in [4.78, 5) is 0. The number of hydrogen-bond acceptors (Lipinski definition) is 3. The number of aliphatic hydroxyl groups is 1. The van der Waals surface area contributed by atoms with E-state index in [4.69, 9.17) is 15.6 Å². The molecule has 0 aliphatic rings. The van der Waals surface area contributed by atoms with Crippen molar-refractivity contribution in [2.24, 2.45) is 5.73 Å². The molecular weight excluding hydrogens is 197 g/mol. The molecule has 0 spiro atoms. The molecule has 0 bridgehead atoms. The summed E-state index contributed by atoms with van der Waals surface area (Å²) in [5.74, 6) is 0.383. The van der Waals surface area contributed by atoms with Crippen molar-refractivity contribution in [3.63, 3.8) is 0 Å². The quantitative estimate of drug-likeness (QED) is 0.773. The van der Waals surface area contributed by atoms with Gasteiger partial charge in [0, 0.05) is 6.04 Å². The molecule has 0 saturated carbocycles. The van der Waals surface area contributed by atoms with E-state index in [1.807, 2.05) is 0 Å². The van der Waals surface area contributed by atoms with Crippen molar-refractivity contribution in [2.75, 3.05) is 13.2 Å². The predicted molar refractivity (Wildman–Crippen MR) is 56.3 cm³/mol. The van der Waals surface area contributed by atoms with Crippen LogP contribution in [-0.4, -0.2) is 24.4 Å². The molecule has 1 unspecified atom stereocenters. The lowest BCUT2D eigenvalue weighted by molar-refractivity contribution is 0.230. The molecule has 1 rings (SSSR count). The first-order valence-corrected chi connectivity index (χ1v) is 4.89. The van der Waals surface area contributed by atoms with Crippen LogP contribution in [0.4, 0.5) is 4.39 Å². The highest BCUT2D eigenvalue weighted by molar-refractivity contribution is 5.32. The van der Waals surface area contributed by atoms with E-state index in [9.17, 15) is 4.39 Å². The van der Waals surface area contributed by atoms with Crippen molar-refractivity contribution in [3.8, 4) is 5.75 Å². The van der Waals surface area contributed by atoms with Gasteiger partial charge in [-0.05, 0) is 37.1 Å². The van der Waals surface area contributed by atoms with E-state index in [0.717, 1.165) is 5.56 Å². The summed E-state index contributed by atoms with van der Waals surface area (Å²) in [5.41, 5.74) is 6.27. The molecule has 0 fully saturated rings. The maximum atomic E-state index is 12.7. The fourth-order valence-corrected chi connectivity index (χ4v) is 1.19. The lowest BCUT2D eigenvalue weighted by atomic mass is 10.2. The summed E-state index contributed by atoms with van der Waals surface area (Å²) >= 11 is 0. The van der Waals surface area contributed by atoms with Crippen LogP contribution in [0.15, 0.2) is 18.2 Å². The molecule has 0 aliphatic carbocycles. The summed E-state index contributed by atoms with van der Waals surface area (Å²) < 4.78 is 18.2. The second-order valence-corrected chi connectivity index (χ2v) is 3.49. The van der Waals surface area contributed by atoms with Gasteiger partial charge < -0.3 is 15.6 Å². The third kappa shape index (κ3) is 3.85. The van der Waals surface area contributed by atoms with Crippen molar-refractivity contribution < 1.29 is 14.2 Å². The number of nitrogens with two attached hydrogens (primary N) is 1. The van der Waals surface area contributed by atoms with Crippen molar-refractivity contribution >= 4 is 0 Å². The molecule has 1 aromatic carbocycles. The average molecular weight is 213 g/mol. The van der Waals surface area contributed by atoms with E-state index in [2.05, 4.69) is 0 Å². The number of hydrogen-bond donors (Lipinski definition) is 2. The third-order valence-electron chi connectivity index (χ3n) is 2.12. The monoisotopic (exact) mass is 213 g/mol. The number of benzene rings is 1. The number of aliphatic hydroxyl groups excluding tert-OH is 1. The Morgan fingerprint density at radius 1 is 1.53 bits per heavy atom. The van der Waals surface area contributed by atoms with Crippen LogP contribution >= 0.6 is 0 Å². The maximum Gasteiger partial charge on any atom is 0.123 e. The van der Waals surface area contributed by atoms with Crippen molar-refractivity contribution in [3.05, 3.63) is 29.6 Å². The Labute approximate surface area is 88.7 Å². The summed E-state index contributed by atoms with van der Waals surface area (Å²) in [6, 6.07) is 4.11. The minimum Gasteiger partial charge on any atom is -0.493 e. The first-order chi connectivity index (χ1) is 7.13. The highest BCUT2D eigenvalue weighted by Gasteiger charge is 2.03. The third-order valence-corrected chi connectivity index (χ3v) is 2.12. The summed E-state index contributed by atoms with van der Waals surface area (Å²) in [5, 5.41) is 8.69. The molecular formula is C11H16FNO2. The maximum absolute atomic E-state index is 12.7. The first-order valence-electron chi connectivity index (χ1n) is 4.89. The van der Waals surface area contributed by atoms with Gasteiger partial charge in [0.15, 0.2) is 0 Å². The van der Waals surface area contributed by atoms with Crippen LogP contribution in [0.2, 0.25) is 0 Å². The van der Waals surface area contributed by atoms with Crippen molar-refractivity contribution in [1.82, 2.24) is 0 Å². The molecule has 0 aromatic heterocycles. The van der Waals surface area contributed by atoms with E-state index >= 15 is 0 Å². The van der Waals surface area contributed by atoms with Gasteiger partial charge in [0.2, 0.25) is 0 Å². The molecule has 0 radical (unpaired) electrons. The van der Waals surface area contributed by atoms with Crippen LogP contribution in [-0.2, 0) is 0 Å². The van der Waals surface area contributed by atoms with Gasteiger partial charge in [0.25, 0.3) is 0 Å². The minimum absolute atomic E-state index is 0.0498. The highest BCUT2D eigenvalue weighted by Crippen LogP contribution is 2.18. The van der Waals surface area contributed by atoms with Gasteiger partial charge in [-0.3, -0.25) is 0 Å². The van der Waals surface area contributed by atoms with Crippen molar-refractivity contribution in [2.45, 2.75) is 19.4 Å². The summed E-state index contributed by atoms with van der Waals surface area (Å²) in [7, 11) is 0. The molecule has 1 aromatic rings. The molecule has 0 saturated heterocycles. The second-order valence-electron chi connectivity index (χ2n) is 3.49. The second kappa shape index (κ2) is 5.68. The van der Waals surface area contributed by atoms with Gasteiger partial charge >= 0.3 is 0 Å². The zero-order valence-electron chi connectivity index (χ0n) is 8.74. The van der Waals surface area contributed by atoms with Crippen LogP contribution in [0.25, 0.3) is 0 Å². The average Bonchev–Trinajstić information content (AvgIpc) is 2.21. The minimum atomic E-state index is -0.271. The largest absolute Gasteiger partial charge is 0.493 e. The Morgan fingerprint density at radius 3 is 2.87 bits per heavy atom. The zero-order valence-corrected chi connectivity index (χ0v) is 8.74. The van der Waals surface area contributed by atoms with E-state index < -0.39 is 0 Å². The Bertz CT molecular complexity index is 317. The molecule has 84 valence electrons. The fourth-order valence-electron chi connectivity index (χ4n) is 1.19. The van der Waals surface area contributed by atoms with Crippen molar-refractivity contribution in [1.29, 1.82) is 0 Å². The predicted octanol–water partition coefficient (Wildman–Crippen LogP) is 1.22. The van der Waals surface area contributed by atoms with Gasteiger partial charge in [0.05, 0.1) is 13.2 Å². The van der Waals surface area contributed by atoms with Crippen LogP contribution in [0, 0.1) is 12.7 Å². The Morgan fingerprint density at radius 2 is 2.27 bits per heavy atom. The van der Waals surface area contributed by atoms with E-state index in [0.29, 0.717) is 18.8 Å². The van der Waals surface area contributed by atoms with Crippen LogP contribution in [0.3, 0.4) is 0 Å². The standard InChI is InChI=1S/C11H16FNO2/c1-8-6-9(12)2-3-11(8)15-5-4-10(13)7-14/h2-3,6,10,14H,4-5,7,13H2,1H3. The highest BCUT2D eigenvalue weighted by atomic mass is 19.1.